The fourth-order valence-corrected chi connectivity index (χ4v) is 4.06. The lowest BCUT2D eigenvalue weighted by Gasteiger charge is -2.24. The summed E-state index contributed by atoms with van der Waals surface area (Å²) in [5.41, 5.74) is 0. The fraction of sp³-hybridized carbons (Fsp3) is 0.769. The molecule has 2 radical (unpaired) electrons. The molecule has 0 saturated heterocycles. The van der Waals surface area contributed by atoms with Crippen molar-refractivity contribution in [3.8, 4) is 0 Å². The van der Waals surface area contributed by atoms with Crippen molar-refractivity contribution < 1.29 is 5.11 Å². The molecule has 3 heteroatoms. The molecule has 92 valence electrons. The molecule has 0 spiro atoms. The van der Waals surface area contributed by atoms with Crippen LogP contribution in [-0.4, -0.2) is 27.8 Å². The van der Waals surface area contributed by atoms with Crippen LogP contribution in [-0.2, 0) is 0 Å². The molecular weight excluding hydrogens is 214 g/mol. The maximum absolute atomic E-state index is 11.3. The highest BCUT2D eigenvalue weighted by molar-refractivity contribution is 6.76. The van der Waals surface area contributed by atoms with Gasteiger partial charge in [-0.15, -0.1) is 5.76 Å². The Morgan fingerprint density at radius 1 is 1.31 bits per heavy atom. The van der Waals surface area contributed by atoms with E-state index in [4.69, 9.17) is 0 Å². The van der Waals surface area contributed by atoms with Gasteiger partial charge in [-0.25, -0.2) is 0 Å². The Bertz CT molecular complexity index is 245. The third-order valence-corrected chi connectivity index (χ3v) is 4.33. The molecule has 0 aromatic rings. The highest BCUT2D eigenvalue weighted by Crippen LogP contribution is 2.24. The Balaban J connectivity index is 2.26. The molecule has 0 heterocycles. The van der Waals surface area contributed by atoms with Crippen LogP contribution in [0.1, 0.15) is 25.7 Å². The average Bonchev–Trinajstić information content (AvgIpc) is 2.12. The number of allylic oxidation sites excluding steroid dienone is 2. The minimum Gasteiger partial charge on any atom is -0.876 e. The second-order valence-electron chi connectivity index (χ2n) is 6.17. The number of hydrogen-bond donors (Lipinski definition) is 0. The number of rotatable bonds is 5. The van der Waals surface area contributed by atoms with Crippen LogP contribution in [0.15, 0.2) is 11.8 Å². The molecule has 0 fully saturated rings. The van der Waals surface area contributed by atoms with Crippen LogP contribution in [0.25, 0.3) is 0 Å². The van der Waals surface area contributed by atoms with Gasteiger partial charge in [0.05, 0.1) is 0 Å². The standard InChI is InChI=1S/C13H26NOSi/c1-14(11-16(2,3)4)9-8-12-6-5-7-13(15)10-12/h10,15H,5-9,11H2,1-4H3/q+1/p-1. The highest BCUT2D eigenvalue weighted by Gasteiger charge is 2.23. The molecule has 0 amide bonds. The first-order valence-corrected chi connectivity index (χ1v) is 9.98. The lowest BCUT2D eigenvalue weighted by molar-refractivity contribution is -0.307. The summed E-state index contributed by atoms with van der Waals surface area (Å²) < 4.78 is 0. The largest absolute Gasteiger partial charge is 0.876 e. The van der Waals surface area contributed by atoms with E-state index in [9.17, 15) is 5.11 Å². The zero-order chi connectivity index (χ0) is 12.2. The molecule has 0 atom stereocenters. The Morgan fingerprint density at radius 3 is 2.56 bits per heavy atom. The van der Waals surface area contributed by atoms with Gasteiger partial charge in [0.25, 0.3) is 0 Å². The van der Waals surface area contributed by atoms with E-state index in [0.717, 1.165) is 32.2 Å². The van der Waals surface area contributed by atoms with Crippen molar-refractivity contribution in [2.24, 2.45) is 0 Å². The topological polar surface area (TPSA) is 29.0 Å². The summed E-state index contributed by atoms with van der Waals surface area (Å²) in [4.78, 5) is 2.42. The molecule has 0 unspecified atom stereocenters. The molecule has 0 bridgehead atoms. The van der Waals surface area contributed by atoms with Crippen molar-refractivity contribution in [2.75, 3.05) is 19.8 Å². The van der Waals surface area contributed by atoms with E-state index in [1.54, 1.807) is 0 Å². The van der Waals surface area contributed by atoms with Crippen molar-refractivity contribution in [1.29, 1.82) is 0 Å². The van der Waals surface area contributed by atoms with Crippen molar-refractivity contribution in [2.45, 2.75) is 45.3 Å². The van der Waals surface area contributed by atoms with Crippen LogP contribution in [0.5, 0.6) is 0 Å². The predicted molar refractivity (Wildman–Crippen MR) is 70.9 cm³/mol. The first-order valence-electron chi connectivity index (χ1n) is 6.28. The van der Waals surface area contributed by atoms with Gasteiger partial charge in [-0.2, -0.15) is 4.90 Å². The molecule has 0 aromatic carbocycles. The molecule has 1 rings (SSSR count). The molecule has 0 aromatic heterocycles. The zero-order valence-corrected chi connectivity index (χ0v) is 12.2. The van der Waals surface area contributed by atoms with Crippen LogP contribution in [0, 0.1) is 5.92 Å². The van der Waals surface area contributed by atoms with Crippen molar-refractivity contribution in [1.82, 2.24) is 4.90 Å². The Hall–Kier alpha value is -0.283. The first kappa shape index (κ1) is 13.8. The maximum Gasteiger partial charge on any atom is 0.123 e. The van der Waals surface area contributed by atoms with E-state index >= 15 is 0 Å². The minimum atomic E-state index is -0.981. The second-order valence-corrected chi connectivity index (χ2v) is 11.6. The van der Waals surface area contributed by atoms with Crippen LogP contribution in [0.4, 0.5) is 0 Å². The average molecular weight is 239 g/mol. The van der Waals surface area contributed by atoms with E-state index in [1.807, 2.05) is 6.08 Å². The van der Waals surface area contributed by atoms with Crippen LogP contribution in [0.2, 0.25) is 19.6 Å². The second kappa shape index (κ2) is 5.87. The minimum absolute atomic E-state index is 0.328. The predicted octanol–water partition coefficient (Wildman–Crippen LogP) is 2.03. The summed E-state index contributed by atoms with van der Waals surface area (Å²) in [6, 6.07) is 0. The van der Waals surface area contributed by atoms with Gasteiger partial charge in [0.15, 0.2) is 0 Å². The maximum atomic E-state index is 11.3. The SMILES string of the molecule is C[N+](CC[C]1C=C([O-])CCC1)C[Si](C)(C)C. The monoisotopic (exact) mass is 239 g/mol. The first-order chi connectivity index (χ1) is 7.37. The molecule has 2 nitrogen and oxygen atoms in total. The smallest absolute Gasteiger partial charge is 0.123 e. The van der Waals surface area contributed by atoms with Crippen molar-refractivity contribution >= 4 is 8.07 Å². The fourth-order valence-electron chi connectivity index (χ4n) is 2.28. The Morgan fingerprint density at radius 2 is 2.00 bits per heavy atom. The quantitative estimate of drug-likeness (QED) is 0.533. The van der Waals surface area contributed by atoms with Crippen LogP contribution >= 0.6 is 0 Å². The summed E-state index contributed by atoms with van der Waals surface area (Å²) in [6.07, 6.45) is 7.15. The summed E-state index contributed by atoms with van der Waals surface area (Å²) in [5, 5.41) is 11.3. The molecule has 0 N–H and O–H groups in total. The van der Waals surface area contributed by atoms with Gasteiger partial charge in [-0.3, -0.25) is 0 Å². The van der Waals surface area contributed by atoms with Gasteiger partial charge in [0.1, 0.15) is 27.8 Å². The third-order valence-electron chi connectivity index (χ3n) is 2.85. The molecule has 0 saturated carbocycles. The number of hydrogen-bond acceptors (Lipinski definition) is 2. The van der Waals surface area contributed by atoms with Gasteiger partial charge in [-0.1, -0.05) is 25.7 Å². The lowest BCUT2D eigenvalue weighted by Crippen LogP contribution is -2.42. The summed E-state index contributed by atoms with van der Waals surface area (Å²) >= 11 is 0. The Labute approximate surface area is 101 Å². The van der Waals surface area contributed by atoms with E-state index in [0.29, 0.717) is 5.76 Å². The summed E-state index contributed by atoms with van der Waals surface area (Å²) in [5.74, 6) is 1.69. The van der Waals surface area contributed by atoms with Gasteiger partial charge in [0, 0.05) is 12.3 Å². The van der Waals surface area contributed by atoms with E-state index in [1.165, 1.54) is 12.1 Å². The number of nitrogens with zero attached hydrogens (tertiary/aromatic N) is 1. The molecule has 0 aliphatic heterocycles. The van der Waals surface area contributed by atoms with E-state index < -0.39 is 8.07 Å². The van der Waals surface area contributed by atoms with Gasteiger partial charge < -0.3 is 5.11 Å². The zero-order valence-electron chi connectivity index (χ0n) is 11.2. The molecule has 1 aliphatic carbocycles. The van der Waals surface area contributed by atoms with Gasteiger partial charge in [0.2, 0.25) is 0 Å². The van der Waals surface area contributed by atoms with Crippen molar-refractivity contribution in [3.63, 3.8) is 0 Å². The summed E-state index contributed by atoms with van der Waals surface area (Å²) in [7, 11) is 1.22. The molecule has 16 heavy (non-hydrogen) atoms. The third kappa shape index (κ3) is 5.71. The molecule has 1 aliphatic rings. The molecular formula is C13H25NOSi. The van der Waals surface area contributed by atoms with E-state index in [2.05, 4.69) is 31.6 Å². The van der Waals surface area contributed by atoms with Crippen LogP contribution < -0.4 is 10.0 Å². The summed E-state index contributed by atoms with van der Waals surface area (Å²) in [6.45, 7) is 8.29. The Kier molecular flexibility index (Phi) is 5.06. The van der Waals surface area contributed by atoms with Crippen LogP contribution in [0.3, 0.4) is 0 Å². The normalized spacial score (nSPS) is 18.9. The lowest BCUT2D eigenvalue weighted by atomic mass is 9.92. The van der Waals surface area contributed by atoms with Gasteiger partial charge >= 0.3 is 0 Å². The van der Waals surface area contributed by atoms with E-state index in [-0.39, 0.29) is 0 Å². The van der Waals surface area contributed by atoms with Gasteiger partial charge in [-0.05, 0) is 19.3 Å². The van der Waals surface area contributed by atoms with Crippen molar-refractivity contribution in [3.05, 3.63) is 17.8 Å². The highest BCUT2D eigenvalue weighted by atomic mass is 28.3.